The number of hydrogen-bond acceptors (Lipinski definition) is 8. The summed E-state index contributed by atoms with van der Waals surface area (Å²) >= 11 is 7.57. The number of ether oxygens (including phenoxy) is 1. The Morgan fingerprint density at radius 1 is 1.29 bits per heavy atom. The molecule has 8 nitrogen and oxygen atoms in total. The van der Waals surface area contributed by atoms with Gasteiger partial charge in [0.05, 0.1) is 6.10 Å². The predicted octanol–water partition coefficient (Wildman–Crippen LogP) is 0.476. The Hall–Kier alpha value is -1.20. The first kappa shape index (κ1) is 24.4. The Kier molecular flexibility index (Phi) is 8.74. The highest BCUT2D eigenvalue weighted by Gasteiger charge is 2.47. The van der Waals surface area contributed by atoms with E-state index < -0.39 is 47.2 Å². The van der Waals surface area contributed by atoms with Gasteiger partial charge in [0.25, 0.3) is 5.91 Å². The van der Waals surface area contributed by atoms with Crippen molar-refractivity contribution in [1.82, 2.24) is 5.32 Å². The van der Waals surface area contributed by atoms with Crippen LogP contribution in [0.15, 0.2) is 35.3 Å². The van der Waals surface area contributed by atoms with Gasteiger partial charge < -0.3 is 30.3 Å². The third-order valence-corrected chi connectivity index (χ3v) is 6.88. The summed E-state index contributed by atoms with van der Waals surface area (Å²) in [6.07, 6.45) is -1.72. The van der Waals surface area contributed by atoms with E-state index in [2.05, 4.69) is 10.3 Å². The number of aliphatic hydroxyl groups is 3. The van der Waals surface area contributed by atoms with Crippen LogP contribution in [0.5, 0.6) is 0 Å². The second-order valence-corrected chi connectivity index (χ2v) is 9.42. The first-order valence-electron chi connectivity index (χ1n) is 10.3. The third kappa shape index (κ3) is 5.60. The van der Waals surface area contributed by atoms with Crippen molar-refractivity contribution in [2.45, 2.75) is 48.2 Å². The van der Waals surface area contributed by atoms with Crippen LogP contribution in [-0.4, -0.2) is 94.6 Å². The van der Waals surface area contributed by atoms with Crippen molar-refractivity contribution in [3.8, 4) is 0 Å². The molecule has 10 heteroatoms. The fraction of sp³-hybridized carbons (Fsp3) is 0.619. The maximum Gasteiger partial charge on any atom is 0.269 e. The number of thioether (sulfide) groups is 1. The number of rotatable bonds is 6. The second kappa shape index (κ2) is 11.1. The predicted molar refractivity (Wildman–Crippen MR) is 123 cm³/mol. The number of halogens is 1. The minimum Gasteiger partial charge on any atom is -0.388 e. The number of piperazine rings is 1. The van der Waals surface area contributed by atoms with E-state index in [0.717, 1.165) is 12.2 Å². The molecule has 3 rings (SSSR count). The zero-order chi connectivity index (χ0) is 22.5. The van der Waals surface area contributed by atoms with Crippen molar-refractivity contribution in [2.75, 3.05) is 30.8 Å². The molecule has 0 saturated carbocycles. The molecule has 0 spiro atoms. The van der Waals surface area contributed by atoms with Gasteiger partial charge in [0, 0.05) is 42.8 Å². The molecule has 4 N–H and O–H groups in total. The molecule has 172 valence electrons. The van der Waals surface area contributed by atoms with E-state index in [1.165, 1.54) is 18.0 Å². The van der Waals surface area contributed by atoms with Crippen molar-refractivity contribution >= 4 is 41.2 Å². The number of aliphatic hydroxyl groups excluding tert-OH is 3. The minimum atomic E-state index is -1.38. The van der Waals surface area contributed by atoms with E-state index in [0.29, 0.717) is 13.1 Å². The molecule has 2 aliphatic rings. The Morgan fingerprint density at radius 2 is 2.00 bits per heavy atom. The maximum atomic E-state index is 13.0. The molecule has 2 saturated heterocycles. The smallest absolute Gasteiger partial charge is 0.269 e. The van der Waals surface area contributed by atoms with Crippen LogP contribution in [0.25, 0.3) is 0 Å². The summed E-state index contributed by atoms with van der Waals surface area (Å²) in [6, 6.07) is 9.23. The van der Waals surface area contributed by atoms with Gasteiger partial charge in [-0.1, -0.05) is 18.2 Å². The van der Waals surface area contributed by atoms with E-state index in [4.69, 9.17) is 16.3 Å². The molecular formula is C21H30ClN3O5S. The highest BCUT2D eigenvalue weighted by molar-refractivity contribution is 7.99. The zero-order valence-corrected chi connectivity index (χ0v) is 19.1. The molecule has 0 aromatic heterocycles. The van der Waals surface area contributed by atoms with Crippen LogP contribution in [0.2, 0.25) is 0 Å². The standard InChI is InChI=1S/C21H30ClN3O5S/c1-12(22)14(19-17(27)16(26)18(28)21(30-19)31-2)10-24-20(29)15-11-23-8-9-25(15)13-6-4-3-5-7-13/h3-7,10,12,14-19,21,23,26-28H,8-9,11H2,1-2H3. The lowest BCUT2D eigenvalue weighted by Gasteiger charge is -2.42. The Bertz CT molecular complexity index is 754. The van der Waals surface area contributed by atoms with Crippen molar-refractivity contribution in [1.29, 1.82) is 0 Å². The lowest BCUT2D eigenvalue weighted by molar-refractivity contribution is -0.204. The number of hydrogen-bond donors (Lipinski definition) is 4. The maximum absolute atomic E-state index is 13.0. The number of para-hydroxylation sites is 1. The van der Waals surface area contributed by atoms with Gasteiger partial charge in [0.2, 0.25) is 0 Å². The topological polar surface area (TPSA) is 115 Å². The molecule has 31 heavy (non-hydrogen) atoms. The number of benzene rings is 1. The van der Waals surface area contributed by atoms with Crippen LogP contribution in [0.1, 0.15) is 6.92 Å². The van der Waals surface area contributed by atoms with Crippen molar-refractivity contribution in [2.24, 2.45) is 10.9 Å². The van der Waals surface area contributed by atoms with Gasteiger partial charge in [-0.15, -0.1) is 23.4 Å². The second-order valence-electron chi connectivity index (χ2n) is 7.80. The summed E-state index contributed by atoms with van der Waals surface area (Å²) in [4.78, 5) is 19.2. The first-order valence-corrected chi connectivity index (χ1v) is 12.0. The van der Waals surface area contributed by atoms with Crippen LogP contribution in [0, 0.1) is 5.92 Å². The van der Waals surface area contributed by atoms with E-state index >= 15 is 0 Å². The van der Waals surface area contributed by atoms with Crippen molar-refractivity contribution in [3.05, 3.63) is 30.3 Å². The number of nitrogens with zero attached hydrogens (tertiary/aromatic N) is 2. The highest BCUT2D eigenvalue weighted by atomic mass is 35.5. The monoisotopic (exact) mass is 471 g/mol. The molecule has 1 aromatic carbocycles. The molecular weight excluding hydrogens is 442 g/mol. The molecule has 0 aliphatic carbocycles. The molecule has 1 amide bonds. The molecule has 2 aliphatic heterocycles. The molecule has 2 fully saturated rings. The average molecular weight is 472 g/mol. The summed E-state index contributed by atoms with van der Waals surface area (Å²) in [5, 5.41) is 33.5. The number of amides is 1. The summed E-state index contributed by atoms with van der Waals surface area (Å²) in [7, 11) is 0. The van der Waals surface area contributed by atoms with Crippen LogP contribution >= 0.6 is 23.4 Å². The molecule has 1 aromatic rings. The van der Waals surface area contributed by atoms with Gasteiger partial charge in [-0.2, -0.15) is 0 Å². The number of carbonyl (C=O) groups excluding carboxylic acids is 1. The lowest BCUT2D eigenvalue weighted by atomic mass is 9.89. The number of anilines is 1. The van der Waals surface area contributed by atoms with E-state index in [-0.39, 0.29) is 5.91 Å². The SMILES string of the molecule is CSC1OC(C(C=NC(=O)C2CNCCN2c2ccccc2)C(C)Cl)C(O)C(O)C1O. The number of aliphatic imine (C=N–C) groups is 1. The minimum absolute atomic E-state index is 0.328. The fourth-order valence-electron chi connectivity index (χ4n) is 3.95. The zero-order valence-electron chi connectivity index (χ0n) is 17.5. The first-order chi connectivity index (χ1) is 14.8. The molecule has 2 heterocycles. The summed E-state index contributed by atoms with van der Waals surface area (Å²) in [5.41, 5.74) is 0.229. The number of carbonyl (C=O) groups is 1. The Labute approximate surface area is 191 Å². The van der Waals surface area contributed by atoms with Gasteiger partial charge in [0.15, 0.2) is 0 Å². The van der Waals surface area contributed by atoms with Crippen LogP contribution < -0.4 is 10.2 Å². The highest BCUT2D eigenvalue weighted by Crippen LogP contribution is 2.32. The Balaban J connectivity index is 1.77. The molecule has 8 atom stereocenters. The largest absolute Gasteiger partial charge is 0.388 e. The van der Waals surface area contributed by atoms with E-state index in [1.54, 1.807) is 13.2 Å². The van der Waals surface area contributed by atoms with Gasteiger partial charge in [-0.05, 0) is 25.3 Å². The molecule has 8 unspecified atom stereocenters. The fourth-order valence-corrected chi connectivity index (χ4v) is 4.84. The van der Waals surface area contributed by atoms with Crippen LogP contribution in [0.3, 0.4) is 0 Å². The van der Waals surface area contributed by atoms with Gasteiger partial charge in [0.1, 0.15) is 29.8 Å². The summed E-state index contributed by atoms with van der Waals surface area (Å²) in [6.45, 7) is 3.62. The van der Waals surface area contributed by atoms with Crippen molar-refractivity contribution in [3.63, 3.8) is 0 Å². The van der Waals surface area contributed by atoms with Gasteiger partial charge in [-0.3, -0.25) is 4.79 Å². The van der Waals surface area contributed by atoms with Gasteiger partial charge >= 0.3 is 0 Å². The van der Waals surface area contributed by atoms with E-state index in [9.17, 15) is 20.1 Å². The molecule has 0 radical (unpaired) electrons. The van der Waals surface area contributed by atoms with E-state index in [1.807, 2.05) is 35.2 Å². The quantitative estimate of drug-likeness (QED) is 0.350. The number of alkyl halides is 1. The van der Waals surface area contributed by atoms with Crippen LogP contribution in [-0.2, 0) is 9.53 Å². The third-order valence-electron chi connectivity index (χ3n) is 5.74. The van der Waals surface area contributed by atoms with Crippen molar-refractivity contribution < 1.29 is 24.9 Å². The normalized spacial score (nSPS) is 33.9. The molecule has 0 bridgehead atoms. The van der Waals surface area contributed by atoms with Gasteiger partial charge in [-0.25, -0.2) is 4.99 Å². The summed E-state index contributed by atoms with van der Waals surface area (Å²) < 4.78 is 5.82. The summed E-state index contributed by atoms with van der Waals surface area (Å²) in [5.74, 6) is -0.968. The number of nitrogens with one attached hydrogen (secondary N) is 1. The lowest BCUT2D eigenvalue weighted by Crippen LogP contribution is -2.59. The average Bonchev–Trinajstić information content (AvgIpc) is 2.79. The van der Waals surface area contributed by atoms with Crippen LogP contribution in [0.4, 0.5) is 5.69 Å². The Morgan fingerprint density at radius 3 is 2.65 bits per heavy atom.